The van der Waals surface area contributed by atoms with Crippen molar-refractivity contribution in [3.8, 4) is 0 Å². The van der Waals surface area contributed by atoms with Gasteiger partial charge in [0.15, 0.2) is 5.43 Å². The predicted octanol–water partition coefficient (Wildman–Crippen LogP) is 5.38. The third kappa shape index (κ3) is 4.28. The van der Waals surface area contributed by atoms with Crippen LogP contribution in [0.25, 0.3) is 21.8 Å². The van der Waals surface area contributed by atoms with E-state index in [4.69, 9.17) is 0 Å². The third-order valence-corrected chi connectivity index (χ3v) is 5.96. The quantitative estimate of drug-likeness (QED) is 0.338. The minimum Gasteiger partial charge on any atom is -0.332 e. The molecule has 0 unspecified atom stereocenters. The van der Waals surface area contributed by atoms with Crippen molar-refractivity contribution in [1.29, 1.82) is 0 Å². The summed E-state index contributed by atoms with van der Waals surface area (Å²) in [5.74, 6) is 0.00154. The zero-order valence-electron chi connectivity index (χ0n) is 18.2. The first-order chi connectivity index (χ1) is 16.2. The summed E-state index contributed by atoms with van der Waals surface area (Å²) in [7, 11) is 0. The van der Waals surface area contributed by atoms with Crippen LogP contribution in [0.3, 0.4) is 0 Å². The molecular weight excluding hydrogens is 408 g/mol. The minimum atomic E-state index is -0.00433. The maximum absolute atomic E-state index is 13.7. The summed E-state index contributed by atoms with van der Waals surface area (Å²) in [6.45, 7) is 1.19. The molecule has 0 fully saturated rings. The van der Waals surface area contributed by atoms with Crippen LogP contribution in [0.5, 0.6) is 0 Å². The standard InChI is InChI=1S/C29H24N2O2/c32-28(30(19-22-11-3-1-4-12-22)20-23-13-5-2-6-14-23)21-31-26-17-9-7-15-24(26)29(33)25-16-8-10-18-27(25)31/h1-18H,19-21H2. The van der Waals surface area contributed by atoms with E-state index >= 15 is 0 Å². The molecule has 0 atom stereocenters. The van der Waals surface area contributed by atoms with Gasteiger partial charge < -0.3 is 9.47 Å². The van der Waals surface area contributed by atoms with Crippen LogP contribution in [0.2, 0.25) is 0 Å². The average molecular weight is 433 g/mol. The first-order valence-corrected chi connectivity index (χ1v) is 11.1. The number of hydrogen-bond acceptors (Lipinski definition) is 2. The Bertz CT molecular complexity index is 1370. The number of aromatic nitrogens is 1. The Kier molecular flexibility index (Phi) is 5.73. The monoisotopic (exact) mass is 432 g/mol. The Morgan fingerprint density at radius 1 is 0.606 bits per heavy atom. The average Bonchev–Trinajstić information content (AvgIpc) is 2.87. The van der Waals surface area contributed by atoms with Gasteiger partial charge in [0.05, 0.1) is 11.0 Å². The molecule has 0 saturated heterocycles. The molecule has 0 spiro atoms. The topological polar surface area (TPSA) is 42.3 Å². The van der Waals surface area contributed by atoms with E-state index in [-0.39, 0.29) is 17.9 Å². The van der Waals surface area contributed by atoms with Crippen LogP contribution in [0.1, 0.15) is 11.1 Å². The van der Waals surface area contributed by atoms with Crippen molar-refractivity contribution in [3.63, 3.8) is 0 Å². The first kappa shape index (κ1) is 20.7. The lowest BCUT2D eigenvalue weighted by atomic mass is 10.1. The first-order valence-electron chi connectivity index (χ1n) is 11.1. The lowest BCUT2D eigenvalue weighted by molar-refractivity contribution is -0.133. The van der Waals surface area contributed by atoms with Gasteiger partial charge in [-0.2, -0.15) is 0 Å². The van der Waals surface area contributed by atoms with Gasteiger partial charge in [0.25, 0.3) is 0 Å². The van der Waals surface area contributed by atoms with Gasteiger partial charge >= 0.3 is 0 Å². The van der Waals surface area contributed by atoms with Crippen molar-refractivity contribution in [2.24, 2.45) is 0 Å². The van der Waals surface area contributed by atoms with Crippen molar-refractivity contribution in [1.82, 2.24) is 9.47 Å². The molecule has 33 heavy (non-hydrogen) atoms. The third-order valence-electron chi connectivity index (χ3n) is 5.96. The van der Waals surface area contributed by atoms with E-state index in [0.29, 0.717) is 23.9 Å². The van der Waals surface area contributed by atoms with Gasteiger partial charge in [-0.05, 0) is 35.4 Å². The van der Waals surface area contributed by atoms with E-state index in [1.165, 1.54) is 0 Å². The molecule has 162 valence electrons. The fourth-order valence-corrected chi connectivity index (χ4v) is 4.32. The molecule has 4 heteroatoms. The molecule has 5 aromatic rings. The zero-order valence-corrected chi connectivity index (χ0v) is 18.2. The van der Waals surface area contributed by atoms with Crippen molar-refractivity contribution < 1.29 is 4.79 Å². The van der Waals surface area contributed by atoms with Crippen molar-refractivity contribution in [2.75, 3.05) is 0 Å². The Hall–Kier alpha value is -4.18. The van der Waals surface area contributed by atoms with Crippen LogP contribution in [0.4, 0.5) is 0 Å². The molecule has 1 aromatic heterocycles. The SMILES string of the molecule is O=C(Cn1c2ccccc2c(=O)c2ccccc21)N(Cc1ccccc1)Cc1ccccc1. The highest BCUT2D eigenvalue weighted by atomic mass is 16.2. The van der Waals surface area contributed by atoms with Crippen molar-refractivity contribution >= 4 is 27.7 Å². The highest BCUT2D eigenvalue weighted by molar-refractivity contribution is 5.94. The summed E-state index contributed by atoms with van der Waals surface area (Å²) in [6.07, 6.45) is 0. The molecule has 0 aliphatic rings. The van der Waals surface area contributed by atoms with Gasteiger partial charge in [-0.1, -0.05) is 84.9 Å². The second-order valence-corrected chi connectivity index (χ2v) is 8.17. The van der Waals surface area contributed by atoms with Crippen LogP contribution in [-0.2, 0) is 24.4 Å². The highest BCUT2D eigenvalue weighted by Gasteiger charge is 2.18. The maximum Gasteiger partial charge on any atom is 0.243 e. The van der Waals surface area contributed by atoms with Crippen molar-refractivity contribution in [2.45, 2.75) is 19.6 Å². The lowest BCUT2D eigenvalue weighted by Crippen LogP contribution is -2.33. The molecular formula is C29H24N2O2. The summed E-state index contributed by atoms with van der Waals surface area (Å²) >= 11 is 0. The molecule has 0 radical (unpaired) electrons. The molecule has 5 rings (SSSR count). The molecule has 1 heterocycles. The Morgan fingerprint density at radius 3 is 1.52 bits per heavy atom. The Balaban J connectivity index is 1.56. The smallest absolute Gasteiger partial charge is 0.243 e. The number of carbonyl (C=O) groups is 1. The molecule has 4 nitrogen and oxygen atoms in total. The summed E-state index contributed by atoms with van der Waals surface area (Å²) in [6, 6.07) is 35.1. The van der Waals surface area contributed by atoms with E-state index in [2.05, 4.69) is 0 Å². The Labute approximate surface area is 192 Å². The van der Waals surface area contributed by atoms with Crippen LogP contribution in [0.15, 0.2) is 114 Å². The number of amides is 1. The van der Waals surface area contributed by atoms with Crippen LogP contribution in [0, 0.1) is 0 Å². The second kappa shape index (κ2) is 9.13. The number of benzene rings is 4. The van der Waals surface area contributed by atoms with Crippen LogP contribution < -0.4 is 5.43 Å². The molecule has 0 aliphatic heterocycles. The van der Waals surface area contributed by atoms with Gasteiger partial charge in [-0.25, -0.2) is 0 Å². The zero-order chi connectivity index (χ0) is 22.6. The summed E-state index contributed by atoms with van der Waals surface area (Å²) < 4.78 is 1.97. The van der Waals surface area contributed by atoms with Crippen molar-refractivity contribution in [3.05, 3.63) is 131 Å². The van der Waals surface area contributed by atoms with Gasteiger partial charge in [0.1, 0.15) is 6.54 Å². The molecule has 4 aromatic carbocycles. The lowest BCUT2D eigenvalue weighted by Gasteiger charge is -2.25. The highest BCUT2D eigenvalue weighted by Crippen LogP contribution is 2.20. The van der Waals surface area contributed by atoms with Crippen LogP contribution >= 0.6 is 0 Å². The minimum absolute atomic E-state index is 0.00154. The number of para-hydroxylation sites is 2. The number of rotatable bonds is 6. The van der Waals surface area contributed by atoms with Gasteiger partial charge in [-0.3, -0.25) is 9.59 Å². The van der Waals surface area contributed by atoms with Gasteiger partial charge in [0.2, 0.25) is 5.91 Å². The molecule has 0 N–H and O–H groups in total. The largest absolute Gasteiger partial charge is 0.332 e. The molecule has 1 amide bonds. The van der Waals surface area contributed by atoms with E-state index in [0.717, 1.165) is 22.2 Å². The summed E-state index contributed by atoms with van der Waals surface area (Å²) in [5.41, 5.74) is 3.70. The number of nitrogens with zero attached hydrogens (tertiary/aromatic N) is 2. The van der Waals surface area contributed by atoms with Gasteiger partial charge in [0, 0.05) is 23.9 Å². The second-order valence-electron chi connectivity index (χ2n) is 8.17. The van der Waals surface area contributed by atoms with E-state index < -0.39 is 0 Å². The fraction of sp³-hybridized carbons (Fsp3) is 0.103. The maximum atomic E-state index is 13.7. The fourth-order valence-electron chi connectivity index (χ4n) is 4.32. The Morgan fingerprint density at radius 2 is 1.03 bits per heavy atom. The number of fused-ring (bicyclic) bond motifs is 2. The summed E-state index contributed by atoms with van der Waals surface area (Å²) in [4.78, 5) is 28.6. The normalized spacial score (nSPS) is 11.0. The predicted molar refractivity (Wildman–Crippen MR) is 133 cm³/mol. The number of pyridine rings is 1. The number of hydrogen-bond donors (Lipinski definition) is 0. The molecule has 0 bridgehead atoms. The summed E-state index contributed by atoms with van der Waals surface area (Å²) in [5, 5.41) is 1.25. The van der Waals surface area contributed by atoms with E-state index in [1.54, 1.807) is 0 Å². The van der Waals surface area contributed by atoms with Gasteiger partial charge in [-0.15, -0.1) is 0 Å². The van der Waals surface area contributed by atoms with Crippen LogP contribution in [-0.4, -0.2) is 15.4 Å². The number of carbonyl (C=O) groups excluding carboxylic acids is 1. The van der Waals surface area contributed by atoms with E-state index in [9.17, 15) is 9.59 Å². The molecule has 0 aliphatic carbocycles. The van der Waals surface area contributed by atoms with E-state index in [1.807, 2.05) is 119 Å². The molecule has 0 saturated carbocycles.